The zero-order valence-corrected chi connectivity index (χ0v) is 14.0. The maximum Gasteiger partial charge on any atom is 0.0831 e. The zero-order valence-electron chi connectivity index (χ0n) is 14.0. The molecule has 0 radical (unpaired) electrons. The Morgan fingerprint density at radius 2 is 2.10 bits per heavy atom. The topological polar surface area (TPSA) is 72.9 Å². The molecule has 5 nitrogen and oxygen atoms in total. The third-order valence-electron chi connectivity index (χ3n) is 4.11. The van der Waals surface area contributed by atoms with Crippen LogP contribution in [0.5, 0.6) is 0 Å². The summed E-state index contributed by atoms with van der Waals surface area (Å²) in [5, 5.41) is 15.0. The zero-order chi connectivity index (χ0) is 15.6. The fraction of sp³-hybridized carbons (Fsp3) is 0.875. The third-order valence-corrected chi connectivity index (χ3v) is 4.11. The quantitative estimate of drug-likeness (QED) is 0.143. The Balaban J connectivity index is 1.99. The van der Waals surface area contributed by atoms with Crippen LogP contribution < -0.4 is 21.5 Å². The van der Waals surface area contributed by atoms with Gasteiger partial charge in [-0.15, -0.1) is 0 Å². The van der Waals surface area contributed by atoms with Gasteiger partial charge >= 0.3 is 0 Å². The van der Waals surface area contributed by atoms with Crippen LogP contribution in [0.3, 0.4) is 0 Å². The minimum absolute atomic E-state index is 0.241. The molecule has 0 saturated heterocycles. The van der Waals surface area contributed by atoms with Gasteiger partial charge in [0, 0.05) is 24.4 Å². The van der Waals surface area contributed by atoms with E-state index in [4.69, 9.17) is 5.11 Å². The fourth-order valence-electron chi connectivity index (χ4n) is 2.32. The highest BCUT2D eigenvalue weighted by Crippen LogP contribution is 2.43. The number of hydrogen-bond acceptors (Lipinski definition) is 4. The van der Waals surface area contributed by atoms with Crippen LogP contribution in [0.2, 0.25) is 0 Å². The minimum atomic E-state index is -0.241. The lowest BCUT2D eigenvalue weighted by Crippen LogP contribution is -2.87. The van der Waals surface area contributed by atoms with Gasteiger partial charge in [-0.05, 0) is 33.1 Å². The number of aliphatic hydroxyl groups is 1. The molecule has 1 aliphatic carbocycles. The van der Waals surface area contributed by atoms with Crippen LogP contribution in [0.1, 0.15) is 40.0 Å². The number of nitrogens with two attached hydrogens (primary N) is 1. The van der Waals surface area contributed by atoms with Crippen molar-refractivity contribution in [2.75, 3.05) is 32.8 Å². The monoisotopic (exact) mass is 299 g/mol. The Morgan fingerprint density at radius 3 is 2.71 bits per heavy atom. The van der Waals surface area contributed by atoms with Crippen LogP contribution in [0, 0.1) is 11.3 Å². The SMILES string of the molecule is CC=CC(CNCNNCCC(C)O)C[NH2+]CC1(C)CC1. The standard InChI is InChI=1S/C16H34N4O/c1-4-5-15(10-17-12-16(3)7-8-16)11-18-13-20-19-9-6-14(2)21/h4-5,14-15,17-21H,6-13H2,1-3H3/p+1. The van der Waals surface area contributed by atoms with E-state index < -0.39 is 0 Å². The van der Waals surface area contributed by atoms with Crippen LogP contribution in [0.4, 0.5) is 0 Å². The Bertz CT molecular complexity index is 290. The molecule has 0 aromatic carbocycles. The predicted octanol–water partition coefficient (Wildman–Crippen LogP) is -0.0456. The van der Waals surface area contributed by atoms with Gasteiger partial charge < -0.3 is 15.7 Å². The number of hydrogen-bond donors (Lipinski definition) is 5. The van der Waals surface area contributed by atoms with Gasteiger partial charge in [-0.3, -0.25) is 5.43 Å². The summed E-state index contributed by atoms with van der Waals surface area (Å²) in [6, 6.07) is 0. The molecule has 0 aromatic rings. The van der Waals surface area contributed by atoms with Gasteiger partial charge in [-0.1, -0.05) is 19.1 Å². The van der Waals surface area contributed by atoms with E-state index in [9.17, 15) is 0 Å². The molecule has 124 valence electrons. The van der Waals surface area contributed by atoms with Crippen molar-refractivity contribution in [3.8, 4) is 0 Å². The van der Waals surface area contributed by atoms with Gasteiger partial charge in [0.05, 0.1) is 25.9 Å². The number of rotatable bonds is 13. The van der Waals surface area contributed by atoms with E-state index in [1.165, 1.54) is 19.4 Å². The largest absolute Gasteiger partial charge is 0.393 e. The molecule has 0 bridgehead atoms. The first-order chi connectivity index (χ1) is 10.1. The Labute approximate surface area is 129 Å². The summed E-state index contributed by atoms with van der Waals surface area (Å²) in [6.07, 6.45) is 7.76. The molecule has 0 aliphatic heterocycles. The molecular weight excluding hydrogens is 264 g/mol. The van der Waals surface area contributed by atoms with E-state index in [2.05, 4.69) is 47.5 Å². The number of allylic oxidation sites excluding steroid dienone is 1. The van der Waals surface area contributed by atoms with Gasteiger partial charge in [0.1, 0.15) is 0 Å². The lowest BCUT2D eigenvalue weighted by Gasteiger charge is -2.15. The van der Waals surface area contributed by atoms with Gasteiger partial charge in [0.15, 0.2) is 0 Å². The van der Waals surface area contributed by atoms with Gasteiger partial charge in [0.2, 0.25) is 0 Å². The van der Waals surface area contributed by atoms with E-state index in [0.29, 0.717) is 11.3 Å². The molecule has 0 aromatic heterocycles. The number of aliphatic hydroxyl groups excluding tert-OH is 1. The smallest absolute Gasteiger partial charge is 0.0831 e. The fourth-order valence-corrected chi connectivity index (χ4v) is 2.32. The average Bonchev–Trinajstić information content (AvgIpc) is 3.15. The summed E-state index contributed by atoms with van der Waals surface area (Å²) in [7, 11) is 0. The summed E-state index contributed by atoms with van der Waals surface area (Å²) in [5.41, 5.74) is 6.85. The van der Waals surface area contributed by atoms with E-state index in [-0.39, 0.29) is 6.10 Å². The summed E-state index contributed by atoms with van der Waals surface area (Å²) < 4.78 is 0. The minimum Gasteiger partial charge on any atom is -0.393 e. The molecule has 5 heteroatoms. The number of hydrazine groups is 1. The molecule has 1 fully saturated rings. The van der Waals surface area contributed by atoms with Crippen LogP contribution in [0.15, 0.2) is 12.2 Å². The first-order valence-electron chi connectivity index (χ1n) is 8.35. The number of quaternary nitrogens is 1. The Kier molecular flexibility index (Phi) is 9.11. The average molecular weight is 299 g/mol. The van der Waals surface area contributed by atoms with E-state index in [1.54, 1.807) is 6.92 Å². The van der Waals surface area contributed by atoms with Gasteiger partial charge in [-0.25, -0.2) is 5.43 Å². The molecule has 6 N–H and O–H groups in total. The van der Waals surface area contributed by atoms with E-state index in [0.717, 1.165) is 32.7 Å². The first-order valence-corrected chi connectivity index (χ1v) is 8.35. The van der Waals surface area contributed by atoms with Crippen molar-refractivity contribution in [1.82, 2.24) is 16.2 Å². The van der Waals surface area contributed by atoms with E-state index in [1.807, 2.05) is 0 Å². The second kappa shape index (κ2) is 10.3. The van der Waals surface area contributed by atoms with Crippen LogP contribution in [-0.2, 0) is 0 Å². The van der Waals surface area contributed by atoms with Gasteiger partial charge in [-0.2, -0.15) is 0 Å². The van der Waals surface area contributed by atoms with Crippen molar-refractivity contribution >= 4 is 0 Å². The molecule has 0 amide bonds. The maximum atomic E-state index is 9.14. The van der Waals surface area contributed by atoms with Crippen molar-refractivity contribution in [2.45, 2.75) is 46.1 Å². The predicted molar refractivity (Wildman–Crippen MR) is 87.6 cm³/mol. The molecule has 1 saturated carbocycles. The lowest BCUT2D eigenvalue weighted by molar-refractivity contribution is -0.666. The van der Waals surface area contributed by atoms with Crippen molar-refractivity contribution < 1.29 is 10.4 Å². The maximum absolute atomic E-state index is 9.14. The van der Waals surface area contributed by atoms with Crippen molar-refractivity contribution in [2.24, 2.45) is 11.3 Å². The van der Waals surface area contributed by atoms with Gasteiger partial charge in [0.25, 0.3) is 0 Å². The second-order valence-corrected chi connectivity index (χ2v) is 6.70. The molecule has 2 atom stereocenters. The molecular formula is C16H35N4O+. The lowest BCUT2D eigenvalue weighted by atomic mass is 10.1. The van der Waals surface area contributed by atoms with Crippen LogP contribution >= 0.6 is 0 Å². The second-order valence-electron chi connectivity index (χ2n) is 6.70. The van der Waals surface area contributed by atoms with Crippen molar-refractivity contribution in [1.29, 1.82) is 0 Å². The molecule has 1 rings (SSSR count). The molecule has 21 heavy (non-hydrogen) atoms. The third kappa shape index (κ3) is 9.98. The Morgan fingerprint density at radius 1 is 1.33 bits per heavy atom. The summed E-state index contributed by atoms with van der Waals surface area (Å²) in [5.74, 6) is 0.580. The Hall–Kier alpha value is -0.460. The normalized spacial score (nSPS) is 19.8. The first kappa shape index (κ1) is 18.6. The van der Waals surface area contributed by atoms with E-state index >= 15 is 0 Å². The number of nitrogens with one attached hydrogen (secondary N) is 3. The molecule has 1 aliphatic rings. The summed E-state index contributed by atoms with van der Waals surface area (Å²) >= 11 is 0. The highest BCUT2D eigenvalue weighted by Gasteiger charge is 2.38. The highest BCUT2D eigenvalue weighted by atomic mass is 16.3. The van der Waals surface area contributed by atoms with Crippen molar-refractivity contribution in [3.05, 3.63) is 12.2 Å². The van der Waals surface area contributed by atoms with Crippen LogP contribution in [0.25, 0.3) is 0 Å². The molecule has 2 unspecified atom stereocenters. The van der Waals surface area contributed by atoms with Crippen LogP contribution in [-0.4, -0.2) is 44.1 Å². The highest BCUT2D eigenvalue weighted by molar-refractivity contribution is 4.88. The summed E-state index contributed by atoms with van der Waals surface area (Å²) in [6.45, 7) is 11.2. The summed E-state index contributed by atoms with van der Waals surface area (Å²) in [4.78, 5) is 0. The molecule has 0 heterocycles. The molecule has 0 spiro atoms. The van der Waals surface area contributed by atoms with Crippen molar-refractivity contribution in [3.63, 3.8) is 0 Å².